The minimum Gasteiger partial charge on any atom is -0.476 e. The molecule has 0 bridgehead atoms. The van der Waals surface area contributed by atoms with Gasteiger partial charge in [0.25, 0.3) is 5.91 Å². The average Bonchev–Trinajstić information content (AvgIpc) is 2.44. The summed E-state index contributed by atoms with van der Waals surface area (Å²) in [6, 6.07) is 6.83. The van der Waals surface area contributed by atoms with Gasteiger partial charge in [0, 0.05) is 6.54 Å². The molecule has 0 saturated heterocycles. The Balaban J connectivity index is 2.15. The molecule has 0 saturated carbocycles. The van der Waals surface area contributed by atoms with E-state index < -0.39 is 16.1 Å². The summed E-state index contributed by atoms with van der Waals surface area (Å²) in [7, 11) is -3.47. The summed E-state index contributed by atoms with van der Waals surface area (Å²) in [5.74, 6) is 0.604. The van der Waals surface area contributed by atoms with Crippen molar-refractivity contribution in [2.24, 2.45) is 5.92 Å². The van der Waals surface area contributed by atoms with Crippen molar-refractivity contribution < 1.29 is 17.9 Å². The number of fused-ring (bicyclic) bond motifs is 1. The van der Waals surface area contributed by atoms with Crippen LogP contribution in [0.1, 0.15) is 20.3 Å². The largest absolute Gasteiger partial charge is 0.476 e. The summed E-state index contributed by atoms with van der Waals surface area (Å²) >= 11 is 0. The molecule has 1 heterocycles. The second-order valence-electron chi connectivity index (χ2n) is 5.84. The second-order valence-corrected chi connectivity index (χ2v) is 7.75. The fraction of sp³-hybridized carbons (Fsp3) is 0.533. The van der Waals surface area contributed by atoms with Gasteiger partial charge in [-0.2, -0.15) is 0 Å². The van der Waals surface area contributed by atoms with Crippen molar-refractivity contribution in [3.63, 3.8) is 0 Å². The van der Waals surface area contributed by atoms with Crippen LogP contribution in [0.4, 0.5) is 5.69 Å². The Morgan fingerprint density at radius 2 is 2.09 bits per heavy atom. The van der Waals surface area contributed by atoms with Crippen molar-refractivity contribution in [1.29, 1.82) is 0 Å². The molecule has 22 heavy (non-hydrogen) atoms. The van der Waals surface area contributed by atoms with Gasteiger partial charge >= 0.3 is 0 Å². The number of para-hydroxylation sites is 2. The molecule has 7 heteroatoms. The predicted octanol–water partition coefficient (Wildman–Crippen LogP) is 1.38. The third kappa shape index (κ3) is 3.91. The summed E-state index contributed by atoms with van der Waals surface area (Å²) in [6.07, 6.45) is 1.16. The third-order valence-electron chi connectivity index (χ3n) is 3.45. The number of hydrogen-bond donors (Lipinski definition) is 1. The molecule has 6 nitrogen and oxygen atoms in total. The van der Waals surface area contributed by atoms with E-state index in [2.05, 4.69) is 19.2 Å². The van der Waals surface area contributed by atoms with Crippen molar-refractivity contribution in [3.05, 3.63) is 24.3 Å². The van der Waals surface area contributed by atoms with E-state index in [1.165, 1.54) is 4.31 Å². The van der Waals surface area contributed by atoms with Gasteiger partial charge in [-0.05, 0) is 24.5 Å². The van der Waals surface area contributed by atoms with Crippen molar-refractivity contribution in [2.45, 2.75) is 26.4 Å². The van der Waals surface area contributed by atoms with E-state index in [1.54, 1.807) is 24.3 Å². The molecule has 1 aromatic carbocycles. The Morgan fingerprint density at radius 3 is 2.73 bits per heavy atom. The van der Waals surface area contributed by atoms with Crippen LogP contribution in [0.15, 0.2) is 24.3 Å². The number of benzene rings is 1. The van der Waals surface area contributed by atoms with Crippen molar-refractivity contribution >= 4 is 21.6 Å². The molecule has 0 spiro atoms. The number of sulfonamides is 1. The standard InChI is InChI=1S/C15H22N2O4S/c1-11(2)8-9-16-15(18)14-10-17(22(3,19)20)12-6-4-5-7-13(12)21-14/h4-7,11,14H,8-10H2,1-3H3,(H,16,18). The molecular formula is C15H22N2O4S. The first-order valence-electron chi connectivity index (χ1n) is 7.30. The maximum atomic E-state index is 12.2. The lowest BCUT2D eigenvalue weighted by molar-refractivity contribution is -0.127. The fourth-order valence-corrected chi connectivity index (χ4v) is 3.17. The Bertz CT molecular complexity index is 643. The molecule has 2 rings (SSSR count). The van der Waals surface area contributed by atoms with Crippen LogP contribution in [0.5, 0.6) is 5.75 Å². The monoisotopic (exact) mass is 326 g/mol. The van der Waals surface area contributed by atoms with Gasteiger partial charge in [-0.3, -0.25) is 9.10 Å². The van der Waals surface area contributed by atoms with Gasteiger partial charge < -0.3 is 10.1 Å². The molecular weight excluding hydrogens is 304 g/mol. The predicted molar refractivity (Wildman–Crippen MR) is 85.5 cm³/mol. The minimum atomic E-state index is -3.47. The van der Waals surface area contributed by atoms with Gasteiger partial charge in [0.2, 0.25) is 10.0 Å². The molecule has 0 fully saturated rings. The van der Waals surface area contributed by atoms with E-state index in [-0.39, 0.29) is 12.5 Å². The molecule has 0 aliphatic carbocycles. The summed E-state index contributed by atoms with van der Waals surface area (Å²) in [6.45, 7) is 4.69. The number of ether oxygens (including phenoxy) is 1. The van der Waals surface area contributed by atoms with Gasteiger partial charge in [-0.15, -0.1) is 0 Å². The van der Waals surface area contributed by atoms with Crippen LogP contribution in [0.2, 0.25) is 0 Å². The zero-order valence-corrected chi connectivity index (χ0v) is 13.9. The van der Waals surface area contributed by atoms with Gasteiger partial charge in [-0.1, -0.05) is 26.0 Å². The maximum Gasteiger partial charge on any atom is 0.263 e. The SMILES string of the molecule is CC(C)CCNC(=O)C1CN(S(C)(=O)=O)c2ccccc2O1. The smallest absolute Gasteiger partial charge is 0.263 e. The Kier molecular flexibility index (Phi) is 4.95. The molecule has 122 valence electrons. The Labute approximate surface area is 131 Å². The van der Waals surface area contributed by atoms with E-state index in [0.717, 1.165) is 12.7 Å². The minimum absolute atomic E-state index is 0.0106. The normalized spacial score (nSPS) is 17.8. The molecule has 1 atom stereocenters. The lowest BCUT2D eigenvalue weighted by Crippen LogP contribution is -2.50. The Morgan fingerprint density at radius 1 is 1.41 bits per heavy atom. The molecule has 1 amide bonds. The van der Waals surface area contributed by atoms with Crippen LogP contribution < -0.4 is 14.4 Å². The van der Waals surface area contributed by atoms with Crippen molar-refractivity contribution in [1.82, 2.24) is 5.32 Å². The highest BCUT2D eigenvalue weighted by Crippen LogP contribution is 2.34. The van der Waals surface area contributed by atoms with E-state index in [0.29, 0.717) is 23.9 Å². The van der Waals surface area contributed by atoms with Crippen LogP contribution >= 0.6 is 0 Å². The lowest BCUT2D eigenvalue weighted by atomic mass is 10.1. The van der Waals surface area contributed by atoms with Crippen LogP contribution in [-0.2, 0) is 14.8 Å². The number of amides is 1. The molecule has 0 aromatic heterocycles. The van der Waals surface area contributed by atoms with Gasteiger partial charge in [0.15, 0.2) is 6.10 Å². The first kappa shape index (κ1) is 16.6. The highest BCUT2D eigenvalue weighted by Gasteiger charge is 2.34. The summed E-state index contributed by atoms with van der Waals surface area (Å²) < 4.78 is 30.8. The number of carbonyl (C=O) groups is 1. The van der Waals surface area contributed by atoms with Crippen LogP contribution in [0.3, 0.4) is 0 Å². The van der Waals surface area contributed by atoms with Gasteiger partial charge in [-0.25, -0.2) is 8.42 Å². The molecule has 1 aromatic rings. The number of nitrogens with zero attached hydrogens (tertiary/aromatic N) is 1. The zero-order valence-electron chi connectivity index (χ0n) is 13.1. The number of carbonyl (C=O) groups excluding carboxylic acids is 1. The number of hydrogen-bond acceptors (Lipinski definition) is 4. The fourth-order valence-electron chi connectivity index (χ4n) is 2.25. The van der Waals surface area contributed by atoms with Crippen LogP contribution in [0.25, 0.3) is 0 Å². The van der Waals surface area contributed by atoms with E-state index in [1.807, 2.05) is 0 Å². The van der Waals surface area contributed by atoms with Gasteiger partial charge in [0.05, 0.1) is 18.5 Å². The van der Waals surface area contributed by atoms with E-state index in [4.69, 9.17) is 4.74 Å². The number of nitrogens with one attached hydrogen (secondary N) is 1. The van der Waals surface area contributed by atoms with Crippen molar-refractivity contribution in [2.75, 3.05) is 23.7 Å². The first-order valence-corrected chi connectivity index (χ1v) is 9.15. The van der Waals surface area contributed by atoms with E-state index in [9.17, 15) is 13.2 Å². The van der Waals surface area contributed by atoms with E-state index >= 15 is 0 Å². The maximum absolute atomic E-state index is 12.2. The number of rotatable bonds is 5. The molecule has 1 aliphatic rings. The number of anilines is 1. The highest BCUT2D eigenvalue weighted by molar-refractivity contribution is 7.92. The first-order chi connectivity index (χ1) is 10.3. The summed E-state index contributed by atoms with van der Waals surface area (Å²) in [4.78, 5) is 12.2. The molecule has 1 aliphatic heterocycles. The van der Waals surface area contributed by atoms with Gasteiger partial charge in [0.1, 0.15) is 5.75 Å². The Hall–Kier alpha value is -1.76. The summed E-state index contributed by atoms with van der Waals surface area (Å²) in [5.41, 5.74) is 0.469. The molecule has 1 unspecified atom stereocenters. The van der Waals surface area contributed by atoms with Crippen LogP contribution in [0, 0.1) is 5.92 Å². The molecule has 0 radical (unpaired) electrons. The average molecular weight is 326 g/mol. The quantitative estimate of drug-likeness (QED) is 0.887. The van der Waals surface area contributed by atoms with Crippen LogP contribution in [-0.4, -0.2) is 39.8 Å². The summed E-state index contributed by atoms with van der Waals surface area (Å²) in [5, 5.41) is 2.80. The van der Waals surface area contributed by atoms with Crippen molar-refractivity contribution in [3.8, 4) is 5.75 Å². The lowest BCUT2D eigenvalue weighted by Gasteiger charge is -2.33. The highest BCUT2D eigenvalue weighted by atomic mass is 32.2. The zero-order chi connectivity index (χ0) is 16.3. The third-order valence-corrected chi connectivity index (χ3v) is 4.59. The second kappa shape index (κ2) is 6.56. The molecule has 1 N–H and O–H groups in total. The topological polar surface area (TPSA) is 75.7 Å².